The molecule has 15 heavy (non-hydrogen) atoms. The summed E-state index contributed by atoms with van der Waals surface area (Å²) < 4.78 is 0. The zero-order valence-electron chi connectivity index (χ0n) is 10.1. The van der Waals surface area contributed by atoms with E-state index >= 15 is 0 Å². The van der Waals surface area contributed by atoms with Crippen LogP contribution in [0.15, 0.2) is 0 Å². The van der Waals surface area contributed by atoms with Gasteiger partial charge in [-0.3, -0.25) is 4.79 Å². The number of nitrogens with one attached hydrogen (secondary N) is 1. The van der Waals surface area contributed by atoms with Crippen LogP contribution < -0.4 is 5.32 Å². The first kappa shape index (κ1) is 12.5. The number of hydrogen-bond donors (Lipinski definition) is 2. The Labute approximate surface area is 91.6 Å². The smallest absolute Gasteiger partial charge is 0.229 e. The lowest BCUT2D eigenvalue weighted by molar-refractivity contribution is -0.141. The number of amides is 1. The normalized spacial score (nSPS) is 26.7. The first-order valence-electron chi connectivity index (χ1n) is 5.43. The lowest BCUT2D eigenvalue weighted by Gasteiger charge is -2.32. The van der Waals surface area contributed by atoms with Crippen molar-refractivity contribution in [1.29, 1.82) is 0 Å². The molecule has 1 heterocycles. The Balaban J connectivity index is 2.60. The minimum absolute atomic E-state index is 0.120. The molecule has 1 aliphatic heterocycles. The number of hydrogen-bond acceptors (Lipinski definition) is 3. The highest BCUT2D eigenvalue weighted by Crippen LogP contribution is 2.27. The molecule has 2 N–H and O–H groups in total. The van der Waals surface area contributed by atoms with Gasteiger partial charge in [0.15, 0.2) is 0 Å². The van der Waals surface area contributed by atoms with E-state index in [1.54, 1.807) is 25.8 Å². The SMILES string of the molecule is CN(CC(C)(C)O)C(=O)C1(C)CCNC1. The Morgan fingerprint density at radius 1 is 1.60 bits per heavy atom. The number of carbonyl (C=O) groups excluding carboxylic acids is 1. The summed E-state index contributed by atoms with van der Waals surface area (Å²) in [4.78, 5) is 13.8. The van der Waals surface area contributed by atoms with E-state index in [1.807, 2.05) is 6.92 Å². The van der Waals surface area contributed by atoms with Crippen LogP contribution in [0.2, 0.25) is 0 Å². The lowest BCUT2D eigenvalue weighted by atomic mass is 9.88. The Bertz CT molecular complexity index is 239. The van der Waals surface area contributed by atoms with Crippen LogP contribution in [0.25, 0.3) is 0 Å². The van der Waals surface area contributed by atoms with Crippen molar-refractivity contribution in [3.8, 4) is 0 Å². The molecule has 1 saturated heterocycles. The van der Waals surface area contributed by atoms with Gasteiger partial charge in [0.05, 0.1) is 11.0 Å². The van der Waals surface area contributed by atoms with Gasteiger partial charge in [-0.1, -0.05) is 0 Å². The molecule has 0 aromatic heterocycles. The minimum atomic E-state index is -0.827. The highest BCUT2D eigenvalue weighted by molar-refractivity contribution is 5.82. The summed E-state index contributed by atoms with van der Waals surface area (Å²) in [6, 6.07) is 0. The summed E-state index contributed by atoms with van der Waals surface area (Å²) in [6.07, 6.45) is 0.877. The van der Waals surface area contributed by atoms with Gasteiger partial charge in [0.2, 0.25) is 5.91 Å². The molecule has 88 valence electrons. The van der Waals surface area contributed by atoms with Crippen LogP contribution in [0.5, 0.6) is 0 Å². The molecular formula is C11H22N2O2. The molecular weight excluding hydrogens is 192 g/mol. The highest BCUT2D eigenvalue weighted by Gasteiger charge is 2.38. The Morgan fingerprint density at radius 2 is 2.20 bits per heavy atom. The Hall–Kier alpha value is -0.610. The topological polar surface area (TPSA) is 52.6 Å². The van der Waals surface area contributed by atoms with Crippen molar-refractivity contribution < 1.29 is 9.90 Å². The molecule has 1 amide bonds. The van der Waals surface area contributed by atoms with Crippen LogP contribution in [0, 0.1) is 5.41 Å². The molecule has 0 radical (unpaired) electrons. The lowest BCUT2D eigenvalue weighted by Crippen LogP contribution is -2.46. The average Bonchev–Trinajstić information content (AvgIpc) is 2.49. The predicted octanol–water partition coefficient (Wildman–Crippen LogP) is 0.215. The van der Waals surface area contributed by atoms with Crippen LogP contribution >= 0.6 is 0 Å². The van der Waals surface area contributed by atoms with E-state index in [-0.39, 0.29) is 11.3 Å². The quantitative estimate of drug-likeness (QED) is 0.706. The fourth-order valence-corrected chi connectivity index (χ4v) is 2.11. The largest absolute Gasteiger partial charge is 0.389 e. The molecule has 1 rings (SSSR count). The first-order chi connectivity index (χ1) is 6.75. The number of rotatable bonds is 3. The molecule has 0 spiro atoms. The van der Waals surface area contributed by atoms with Gasteiger partial charge in [0, 0.05) is 20.1 Å². The fourth-order valence-electron chi connectivity index (χ4n) is 2.11. The van der Waals surface area contributed by atoms with Gasteiger partial charge in [-0.05, 0) is 33.7 Å². The third-order valence-electron chi connectivity index (χ3n) is 2.86. The van der Waals surface area contributed by atoms with Gasteiger partial charge in [-0.2, -0.15) is 0 Å². The zero-order chi connectivity index (χ0) is 11.7. The van der Waals surface area contributed by atoms with Crippen LogP contribution in [0.4, 0.5) is 0 Å². The molecule has 4 heteroatoms. The van der Waals surface area contributed by atoms with Gasteiger partial charge in [-0.15, -0.1) is 0 Å². The molecule has 1 aliphatic rings. The van der Waals surface area contributed by atoms with Crippen molar-refractivity contribution >= 4 is 5.91 Å². The second kappa shape index (κ2) is 4.10. The maximum absolute atomic E-state index is 12.1. The standard InChI is InChI=1S/C11H22N2O2/c1-10(2,15)8-13(4)9(14)11(3)5-6-12-7-11/h12,15H,5-8H2,1-4H3. The second-order valence-electron chi connectivity index (χ2n) is 5.46. The van der Waals surface area contributed by atoms with Crippen LogP contribution in [0.3, 0.4) is 0 Å². The summed E-state index contributed by atoms with van der Waals surface area (Å²) >= 11 is 0. The van der Waals surface area contributed by atoms with E-state index in [2.05, 4.69) is 5.32 Å². The van der Waals surface area contributed by atoms with Crippen LogP contribution in [0.1, 0.15) is 27.2 Å². The van der Waals surface area contributed by atoms with Gasteiger partial charge >= 0.3 is 0 Å². The maximum atomic E-state index is 12.1. The molecule has 1 fully saturated rings. The second-order valence-corrected chi connectivity index (χ2v) is 5.46. The van der Waals surface area contributed by atoms with E-state index in [0.29, 0.717) is 6.54 Å². The monoisotopic (exact) mass is 214 g/mol. The zero-order valence-corrected chi connectivity index (χ0v) is 10.1. The van der Waals surface area contributed by atoms with Gasteiger partial charge in [0.25, 0.3) is 0 Å². The average molecular weight is 214 g/mol. The highest BCUT2D eigenvalue weighted by atomic mass is 16.3. The van der Waals surface area contributed by atoms with E-state index in [1.165, 1.54) is 0 Å². The molecule has 4 nitrogen and oxygen atoms in total. The number of nitrogens with zero attached hydrogens (tertiary/aromatic N) is 1. The fraction of sp³-hybridized carbons (Fsp3) is 0.909. The molecule has 0 bridgehead atoms. The summed E-state index contributed by atoms with van der Waals surface area (Å²) in [5.41, 5.74) is -1.12. The van der Waals surface area contributed by atoms with E-state index in [4.69, 9.17) is 0 Å². The first-order valence-corrected chi connectivity index (χ1v) is 5.43. The number of likely N-dealkylation sites (N-methyl/N-ethyl adjacent to an activating group) is 1. The third kappa shape index (κ3) is 3.18. The van der Waals surface area contributed by atoms with Crippen molar-refractivity contribution in [3.05, 3.63) is 0 Å². The summed E-state index contributed by atoms with van der Waals surface area (Å²) in [5, 5.41) is 12.9. The molecule has 0 aromatic rings. The molecule has 1 atom stereocenters. The van der Waals surface area contributed by atoms with Crippen molar-refractivity contribution in [2.45, 2.75) is 32.8 Å². The van der Waals surface area contributed by atoms with Crippen molar-refractivity contribution in [3.63, 3.8) is 0 Å². The van der Waals surface area contributed by atoms with Gasteiger partial charge < -0.3 is 15.3 Å². The molecule has 0 aromatic carbocycles. The van der Waals surface area contributed by atoms with E-state index in [9.17, 15) is 9.90 Å². The molecule has 0 aliphatic carbocycles. The maximum Gasteiger partial charge on any atom is 0.229 e. The summed E-state index contributed by atoms with van der Waals surface area (Å²) in [6.45, 7) is 7.43. The van der Waals surface area contributed by atoms with E-state index in [0.717, 1.165) is 19.5 Å². The van der Waals surface area contributed by atoms with Crippen LogP contribution in [-0.4, -0.2) is 48.2 Å². The minimum Gasteiger partial charge on any atom is -0.389 e. The summed E-state index contributed by atoms with van der Waals surface area (Å²) in [5.74, 6) is 0.120. The predicted molar refractivity (Wildman–Crippen MR) is 59.5 cm³/mol. The Morgan fingerprint density at radius 3 is 2.60 bits per heavy atom. The van der Waals surface area contributed by atoms with Crippen molar-refractivity contribution in [1.82, 2.24) is 10.2 Å². The molecule has 0 saturated carbocycles. The van der Waals surface area contributed by atoms with Gasteiger partial charge in [0.1, 0.15) is 0 Å². The van der Waals surface area contributed by atoms with Crippen molar-refractivity contribution in [2.75, 3.05) is 26.7 Å². The van der Waals surface area contributed by atoms with Gasteiger partial charge in [-0.25, -0.2) is 0 Å². The number of aliphatic hydroxyl groups is 1. The summed E-state index contributed by atoms with van der Waals surface area (Å²) in [7, 11) is 1.75. The third-order valence-corrected chi connectivity index (χ3v) is 2.86. The Kier molecular flexibility index (Phi) is 3.41. The van der Waals surface area contributed by atoms with Crippen molar-refractivity contribution in [2.24, 2.45) is 5.41 Å². The van der Waals surface area contributed by atoms with E-state index < -0.39 is 5.60 Å². The number of carbonyl (C=O) groups is 1. The molecule has 1 unspecified atom stereocenters. The van der Waals surface area contributed by atoms with Crippen LogP contribution in [-0.2, 0) is 4.79 Å².